The van der Waals surface area contributed by atoms with Gasteiger partial charge in [0.15, 0.2) is 5.96 Å². The van der Waals surface area contributed by atoms with Crippen molar-refractivity contribution in [2.75, 3.05) is 13.1 Å². The van der Waals surface area contributed by atoms with E-state index in [1.54, 1.807) is 0 Å². The SMILES string of the molecule is CCNC(=NCc1cccc(OC(C)C)c1)NCCC(O)c1ccccc1.I. The molecule has 0 aromatic heterocycles. The second kappa shape index (κ2) is 13.4. The Bertz CT molecular complexity index is 708. The van der Waals surface area contributed by atoms with Crippen LogP contribution in [0.1, 0.15) is 44.4 Å². The van der Waals surface area contributed by atoms with Gasteiger partial charge in [-0.15, -0.1) is 24.0 Å². The Morgan fingerprint density at radius 2 is 1.82 bits per heavy atom. The summed E-state index contributed by atoms with van der Waals surface area (Å²) in [6, 6.07) is 17.7. The predicted octanol–water partition coefficient (Wildman–Crippen LogP) is 4.27. The van der Waals surface area contributed by atoms with Crippen molar-refractivity contribution in [3.05, 3.63) is 65.7 Å². The number of guanidine groups is 1. The molecule has 0 aliphatic carbocycles. The zero-order valence-corrected chi connectivity index (χ0v) is 19.2. The highest BCUT2D eigenvalue weighted by atomic mass is 127. The van der Waals surface area contributed by atoms with E-state index in [2.05, 4.69) is 15.6 Å². The summed E-state index contributed by atoms with van der Waals surface area (Å²) in [7, 11) is 0. The number of nitrogens with one attached hydrogen (secondary N) is 2. The maximum absolute atomic E-state index is 10.3. The molecule has 0 bridgehead atoms. The molecule has 2 aromatic rings. The molecule has 2 aromatic carbocycles. The van der Waals surface area contributed by atoms with Crippen molar-refractivity contribution in [2.24, 2.45) is 4.99 Å². The lowest BCUT2D eigenvalue weighted by molar-refractivity contribution is 0.168. The Morgan fingerprint density at radius 1 is 1.07 bits per heavy atom. The third kappa shape index (κ3) is 8.93. The summed E-state index contributed by atoms with van der Waals surface area (Å²) in [5.41, 5.74) is 2.03. The molecule has 0 aliphatic heterocycles. The van der Waals surface area contributed by atoms with Crippen molar-refractivity contribution in [1.82, 2.24) is 10.6 Å². The summed E-state index contributed by atoms with van der Waals surface area (Å²) < 4.78 is 5.73. The van der Waals surface area contributed by atoms with E-state index < -0.39 is 6.10 Å². The molecule has 3 N–H and O–H groups in total. The zero-order chi connectivity index (χ0) is 19.5. The fourth-order valence-electron chi connectivity index (χ4n) is 2.67. The van der Waals surface area contributed by atoms with Gasteiger partial charge in [-0.05, 0) is 50.5 Å². The minimum absolute atomic E-state index is 0. The number of aliphatic hydroxyl groups excluding tert-OH is 1. The highest BCUT2D eigenvalue weighted by Gasteiger charge is 2.07. The maximum atomic E-state index is 10.3. The van der Waals surface area contributed by atoms with Crippen molar-refractivity contribution in [2.45, 2.75) is 45.9 Å². The molecule has 0 saturated carbocycles. The average Bonchev–Trinajstić information content (AvgIpc) is 2.66. The monoisotopic (exact) mass is 497 g/mol. The highest BCUT2D eigenvalue weighted by molar-refractivity contribution is 14.0. The first-order valence-electron chi connectivity index (χ1n) is 9.59. The van der Waals surface area contributed by atoms with Crippen LogP contribution in [0.4, 0.5) is 0 Å². The Morgan fingerprint density at radius 3 is 2.50 bits per heavy atom. The first kappa shape index (κ1) is 24.2. The second-order valence-corrected chi connectivity index (χ2v) is 6.65. The van der Waals surface area contributed by atoms with E-state index >= 15 is 0 Å². The van der Waals surface area contributed by atoms with Crippen LogP contribution < -0.4 is 15.4 Å². The van der Waals surface area contributed by atoms with Gasteiger partial charge in [0.25, 0.3) is 0 Å². The molecule has 2 rings (SSSR count). The van der Waals surface area contributed by atoms with Gasteiger partial charge in [0.05, 0.1) is 18.8 Å². The molecule has 28 heavy (non-hydrogen) atoms. The van der Waals surface area contributed by atoms with E-state index in [-0.39, 0.29) is 30.1 Å². The van der Waals surface area contributed by atoms with Crippen molar-refractivity contribution >= 4 is 29.9 Å². The minimum Gasteiger partial charge on any atom is -0.491 e. The first-order chi connectivity index (χ1) is 13.1. The number of halogens is 1. The quantitative estimate of drug-likeness (QED) is 0.275. The number of aliphatic imine (C=N–C) groups is 1. The highest BCUT2D eigenvalue weighted by Crippen LogP contribution is 2.16. The molecule has 0 fully saturated rings. The summed E-state index contributed by atoms with van der Waals surface area (Å²) >= 11 is 0. The molecular formula is C22H32IN3O2. The van der Waals surface area contributed by atoms with Crippen molar-refractivity contribution < 1.29 is 9.84 Å². The molecular weight excluding hydrogens is 465 g/mol. The lowest BCUT2D eigenvalue weighted by Crippen LogP contribution is -2.38. The predicted molar refractivity (Wildman–Crippen MR) is 126 cm³/mol. The fourth-order valence-corrected chi connectivity index (χ4v) is 2.67. The van der Waals surface area contributed by atoms with Crippen LogP contribution in [0.5, 0.6) is 5.75 Å². The number of hydrogen-bond acceptors (Lipinski definition) is 3. The zero-order valence-electron chi connectivity index (χ0n) is 16.9. The van der Waals surface area contributed by atoms with Crippen LogP contribution in [0.25, 0.3) is 0 Å². The van der Waals surface area contributed by atoms with Crippen LogP contribution >= 0.6 is 24.0 Å². The van der Waals surface area contributed by atoms with E-state index in [4.69, 9.17) is 4.74 Å². The number of rotatable bonds is 9. The van der Waals surface area contributed by atoms with Gasteiger partial charge in [0.2, 0.25) is 0 Å². The fraction of sp³-hybridized carbons (Fsp3) is 0.409. The average molecular weight is 497 g/mol. The molecule has 1 unspecified atom stereocenters. The molecule has 0 amide bonds. The van der Waals surface area contributed by atoms with Gasteiger partial charge in [-0.25, -0.2) is 4.99 Å². The molecule has 154 valence electrons. The van der Waals surface area contributed by atoms with E-state index in [0.29, 0.717) is 19.5 Å². The molecule has 1 atom stereocenters. The van der Waals surface area contributed by atoms with Gasteiger partial charge >= 0.3 is 0 Å². The van der Waals surface area contributed by atoms with Gasteiger partial charge in [-0.1, -0.05) is 42.5 Å². The Labute approximate surface area is 185 Å². The summed E-state index contributed by atoms with van der Waals surface area (Å²) in [6.45, 7) is 8.05. The molecule has 0 spiro atoms. The van der Waals surface area contributed by atoms with Crippen LogP contribution in [-0.2, 0) is 6.54 Å². The topological polar surface area (TPSA) is 65.9 Å². The number of hydrogen-bond donors (Lipinski definition) is 3. The van der Waals surface area contributed by atoms with Crippen molar-refractivity contribution in [3.63, 3.8) is 0 Å². The molecule has 0 radical (unpaired) electrons. The molecule has 5 nitrogen and oxygen atoms in total. The number of aliphatic hydroxyl groups is 1. The number of benzene rings is 2. The van der Waals surface area contributed by atoms with Gasteiger partial charge in [0, 0.05) is 13.1 Å². The Balaban J connectivity index is 0.00000392. The van der Waals surface area contributed by atoms with Gasteiger partial charge in [-0.2, -0.15) is 0 Å². The van der Waals surface area contributed by atoms with Crippen molar-refractivity contribution in [1.29, 1.82) is 0 Å². The van der Waals surface area contributed by atoms with Crippen LogP contribution in [0.2, 0.25) is 0 Å². The summed E-state index contributed by atoms with van der Waals surface area (Å²) in [5.74, 6) is 1.61. The summed E-state index contributed by atoms with van der Waals surface area (Å²) in [5, 5.41) is 16.8. The van der Waals surface area contributed by atoms with Crippen LogP contribution in [0.3, 0.4) is 0 Å². The lowest BCUT2D eigenvalue weighted by Gasteiger charge is -2.14. The van der Waals surface area contributed by atoms with E-state index in [0.717, 1.165) is 29.4 Å². The first-order valence-corrected chi connectivity index (χ1v) is 9.59. The second-order valence-electron chi connectivity index (χ2n) is 6.65. The lowest BCUT2D eigenvalue weighted by atomic mass is 10.1. The summed E-state index contributed by atoms with van der Waals surface area (Å²) in [4.78, 5) is 4.63. The van der Waals surface area contributed by atoms with E-state index in [1.807, 2.05) is 75.4 Å². The Hall–Kier alpha value is -1.80. The molecule has 0 heterocycles. The van der Waals surface area contributed by atoms with Gasteiger partial charge < -0.3 is 20.5 Å². The van der Waals surface area contributed by atoms with Crippen LogP contribution in [0, 0.1) is 0 Å². The number of nitrogens with zero attached hydrogens (tertiary/aromatic N) is 1. The number of ether oxygens (including phenoxy) is 1. The third-order valence-electron chi connectivity index (χ3n) is 3.93. The summed E-state index contributed by atoms with van der Waals surface area (Å²) in [6.07, 6.45) is 0.289. The van der Waals surface area contributed by atoms with E-state index in [9.17, 15) is 5.11 Å². The molecule has 0 saturated heterocycles. The maximum Gasteiger partial charge on any atom is 0.191 e. The standard InChI is InChI=1S/C22H31N3O2.HI/c1-4-23-22(24-14-13-21(26)19-10-6-5-7-11-19)25-16-18-9-8-12-20(15-18)27-17(2)3;/h5-12,15,17,21,26H,4,13-14,16H2,1-3H3,(H2,23,24,25);1H. The van der Waals surface area contributed by atoms with Crippen LogP contribution in [0.15, 0.2) is 59.6 Å². The smallest absolute Gasteiger partial charge is 0.191 e. The van der Waals surface area contributed by atoms with Crippen molar-refractivity contribution in [3.8, 4) is 5.75 Å². The van der Waals surface area contributed by atoms with Gasteiger partial charge in [-0.3, -0.25) is 0 Å². The molecule has 6 heteroatoms. The normalized spacial score (nSPS) is 12.2. The largest absolute Gasteiger partial charge is 0.491 e. The third-order valence-corrected chi connectivity index (χ3v) is 3.93. The molecule has 0 aliphatic rings. The van der Waals surface area contributed by atoms with E-state index in [1.165, 1.54) is 0 Å². The minimum atomic E-state index is -0.480. The van der Waals surface area contributed by atoms with Gasteiger partial charge in [0.1, 0.15) is 5.75 Å². The Kier molecular flexibility index (Phi) is 11.6. The van der Waals surface area contributed by atoms with Crippen LogP contribution in [-0.4, -0.2) is 30.3 Å².